The van der Waals surface area contributed by atoms with Gasteiger partial charge in [-0.25, -0.2) is 4.79 Å². The molecule has 0 bridgehead atoms. The van der Waals surface area contributed by atoms with Gasteiger partial charge in [0.2, 0.25) is 0 Å². The minimum Gasteiger partial charge on any atom is -0.481 e. The Balaban J connectivity index is 3.82. The number of ether oxygens (including phenoxy) is 1. The molecule has 0 aliphatic rings. The van der Waals surface area contributed by atoms with Crippen LogP contribution in [0.15, 0.2) is 0 Å². The van der Waals surface area contributed by atoms with E-state index in [2.05, 4.69) is 5.32 Å². The van der Waals surface area contributed by atoms with Crippen LogP contribution in [0.5, 0.6) is 0 Å². The van der Waals surface area contributed by atoms with Crippen molar-refractivity contribution in [3.05, 3.63) is 0 Å². The van der Waals surface area contributed by atoms with Crippen molar-refractivity contribution < 1.29 is 19.4 Å². The van der Waals surface area contributed by atoms with Gasteiger partial charge in [-0.05, 0) is 6.92 Å². The molecule has 88 valence electrons. The molecule has 0 aliphatic heterocycles. The minimum absolute atomic E-state index is 0.0530. The first kappa shape index (κ1) is 13.7. The topological polar surface area (TPSA) is 78.9 Å². The molecule has 0 fully saturated rings. The average Bonchev–Trinajstić information content (AvgIpc) is 2.14. The molecule has 1 atom stereocenters. The van der Waals surface area contributed by atoms with Crippen LogP contribution in [0.4, 0.5) is 4.79 Å². The third-order valence-corrected chi connectivity index (χ3v) is 1.79. The van der Waals surface area contributed by atoms with Gasteiger partial charge in [-0.3, -0.25) is 4.79 Å². The summed E-state index contributed by atoms with van der Waals surface area (Å²) in [6.07, 6.45) is -0.0530. The summed E-state index contributed by atoms with van der Waals surface area (Å²) >= 11 is 0. The molecule has 0 aliphatic carbocycles. The van der Waals surface area contributed by atoms with Crippen molar-refractivity contribution in [2.45, 2.75) is 19.4 Å². The molecule has 0 heterocycles. The fourth-order valence-corrected chi connectivity index (χ4v) is 0.978. The van der Waals surface area contributed by atoms with E-state index in [-0.39, 0.29) is 25.0 Å². The maximum absolute atomic E-state index is 11.4. The van der Waals surface area contributed by atoms with Crippen molar-refractivity contribution in [2.75, 3.05) is 27.3 Å². The zero-order valence-corrected chi connectivity index (χ0v) is 9.32. The van der Waals surface area contributed by atoms with Gasteiger partial charge in [0.1, 0.15) is 0 Å². The number of methoxy groups -OCH3 is 1. The highest BCUT2D eigenvalue weighted by Crippen LogP contribution is 1.91. The van der Waals surface area contributed by atoms with E-state index in [1.807, 2.05) is 6.92 Å². The zero-order chi connectivity index (χ0) is 11.8. The first-order chi connectivity index (χ1) is 6.97. The number of hydrogen-bond acceptors (Lipinski definition) is 3. The zero-order valence-electron chi connectivity index (χ0n) is 9.32. The minimum atomic E-state index is -0.917. The molecule has 0 radical (unpaired) electrons. The highest BCUT2D eigenvalue weighted by atomic mass is 16.5. The van der Waals surface area contributed by atoms with Crippen LogP contribution >= 0.6 is 0 Å². The van der Waals surface area contributed by atoms with Gasteiger partial charge < -0.3 is 20.1 Å². The van der Waals surface area contributed by atoms with Crippen LogP contribution < -0.4 is 5.32 Å². The number of carbonyl (C=O) groups excluding carboxylic acids is 1. The number of hydrogen-bond donors (Lipinski definition) is 2. The van der Waals surface area contributed by atoms with Crippen LogP contribution in [-0.2, 0) is 9.53 Å². The number of aliphatic carboxylic acids is 1. The van der Waals surface area contributed by atoms with Crippen molar-refractivity contribution >= 4 is 12.0 Å². The van der Waals surface area contributed by atoms with Crippen LogP contribution in [0.1, 0.15) is 13.3 Å². The lowest BCUT2D eigenvalue weighted by Crippen LogP contribution is -2.44. The number of nitrogens with one attached hydrogen (secondary N) is 1. The van der Waals surface area contributed by atoms with Gasteiger partial charge in [0.15, 0.2) is 0 Å². The van der Waals surface area contributed by atoms with Crippen LogP contribution in [0.3, 0.4) is 0 Å². The summed E-state index contributed by atoms with van der Waals surface area (Å²) in [6.45, 7) is 2.44. The Morgan fingerprint density at radius 2 is 2.13 bits per heavy atom. The Kier molecular flexibility index (Phi) is 6.44. The SMILES string of the molecule is COCC(C)NC(=O)N(C)CCC(=O)O. The van der Waals surface area contributed by atoms with E-state index >= 15 is 0 Å². The lowest BCUT2D eigenvalue weighted by Gasteiger charge is -2.20. The number of carboxylic acids is 1. The Bertz CT molecular complexity index is 220. The maximum Gasteiger partial charge on any atom is 0.317 e. The van der Waals surface area contributed by atoms with Crippen molar-refractivity contribution in [3.8, 4) is 0 Å². The second-order valence-electron chi connectivity index (χ2n) is 3.37. The van der Waals surface area contributed by atoms with Crippen molar-refractivity contribution in [1.82, 2.24) is 10.2 Å². The first-order valence-corrected chi connectivity index (χ1v) is 4.69. The Morgan fingerprint density at radius 3 is 2.60 bits per heavy atom. The molecule has 0 saturated heterocycles. The number of amides is 2. The number of nitrogens with zero attached hydrogens (tertiary/aromatic N) is 1. The second-order valence-corrected chi connectivity index (χ2v) is 3.37. The van der Waals surface area contributed by atoms with E-state index in [0.29, 0.717) is 6.61 Å². The fourth-order valence-electron chi connectivity index (χ4n) is 0.978. The molecule has 2 amide bonds. The van der Waals surface area contributed by atoms with E-state index in [0.717, 1.165) is 0 Å². The van der Waals surface area contributed by atoms with Gasteiger partial charge in [-0.1, -0.05) is 0 Å². The number of carbonyl (C=O) groups is 2. The van der Waals surface area contributed by atoms with Gasteiger partial charge in [-0.2, -0.15) is 0 Å². The summed E-state index contributed by atoms with van der Waals surface area (Å²) in [5.41, 5.74) is 0. The van der Waals surface area contributed by atoms with Crippen LogP contribution in [0.25, 0.3) is 0 Å². The molecule has 15 heavy (non-hydrogen) atoms. The van der Waals surface area contributed by atoms with Crippen molar-refractivity contribution in [1.29, 1.82) is 0 Å². The highest BCUT2D eigenvalue weighted by molar-refractivity contribution is 5.75. The summed E-state index contributed by atoms with van der Waals surface area (Å²) in [4.78, 5) is 23.0. The predicted octanol–water partition coefficient (Wildman–Crippen LogP) is 0.137. The summed E-state index contributed by atoms with van der Waals surface area (Å²) in [5.74, 6) is -0.917. The maximum atomic E-state index is 11.4. The molecule has 0 spiro atoms. The average molecular weight is 218 g/mol. The van der Waals surface area contributed by atoms with Gasteiger partial charge >= 0.3 is 12.0 Å². The van der Waals surface area contributed by atoms with Crippen LogP contribution in [-0.4, -0.2) is 55.4 Å². The van der Waals surface area contributed by atoms with Crippen molar-refractivity contribution in [3.63, 3.8) is 0 Å². The first-order valence-electron chi connectivity index (χ1n) is 4.69. The molecule has 6 nitrogen and oxygen atoms in total. The molecule has 6 heteroatoms. The van der Waals surface area contributed by atoms with Crippen LogP contribution in [0, 0.1) is 0 Å². The van der Waals surface area contributed by atoms with E-state index in [1.165, 1.54) is 4.90 Å². The monoisotopic (exact) mass is 218 g/mol. The van der Waals surface area contributed by atoms with Gasteiger partial charge in [0, 0.05) is 20.7 Å². The number of carboxylic acid groups (broad SMARTS) is 1. The van der Waals surface area contributed by atoms with E-state index in [9.17, 15) is 9.59 Å². The normalized spacial score (nSPS) is 11.9. The molecule has 0 aromatic carbocycles. The fraction of sp³-hybridized carbons (Fsp3) is 0.778. The number of urea groups is 1. The molecular formula is C9H18N2O4. The molecule has 0 saturated carbocycles. The summed E-state index contributed by atoms with van der Waals surface area (Å²) in [6, 6.07) is -0.379. The molecular weight excluding hydrogens is 200 g/mol. The smallest absolute Gasteiger partial charge is 0.317 e. The lowest BCUT2D eigenvalue weighted by molar-refractivity contribution is -0.137. The quantitative estimate of drug-likeness (QED) is 0.664. The lowest BCUT2D eigenvalue weighted by atomic mass is 10.3. The standard InChI is InChI=1S/C9H18N2O4/c1-7(6-15-3)10-9(14)11(2)5-4-8(12)13/h7H,4-6H2,1-3H3,(H,10,14)(H,12,13). The summed E-state index contributed by atoms with van der Waals surface area (Å²) in [7, 11) is 3.11. The molecule has 0 rings (SSSR count). The highest BCUT2D eigenvalue weighted by Gasteiger charge is 2.12. The van der Waals surface area contributed by atoms with Gasteiger partial charge in [-0.15, -0.1) is 0 Å². The third kappa shape index (κ3) is 6.73. The Hall–Kier alpha value is -1.30. The van der Waals surface area contributed by atoms with E-state index in [4.69, 9.17) is 9.84 Å². The molecule has 1 unspecified atom stereocenters. The molecule has 0 aromatic rings. The van der Waals surface area contributed by atoms with Crippen molar-refractivity contribution in [2.24, 2.45) is 0 Å². The predicted molar refractivity (Wildman–Crippen MR) is 54.8 cm³/mol. The largest absolute Gasteiger partial charge is 0.481 e. The number of rotatable bonds is 6. The summed E-state index contributed by atoms with van der Waals surface area (Å²) in [5, 5.41) is 11.1. The summed E-state index contributed by atoms with van der Waals surface area (Å²) < 4.78 is 4.86. The third-order valence-electron chi connectivity index (χ3n) is 1.79. The molecule has 2 N–H and O–H groups in total. The second kappa shape index (κ2) is 7.05. The van der Waals surface area contributed by atoms with Gasteiger partial charge in [0.05, 0.1) is 19.1 Å². The van der Waals surface area contributed by atoms with Crippen LogP contribution in [0.2, 0.25) is 0 Å². The van der Waals surface area contributed by atoms with Gasteiger partial charge in [0.25, 0.3) is 0 Å². The molecule has 0 aromatic heterocycles. The Labute approximate surface area is 89.2 Å². The Morgan fingerprint density at radius 1 is 1.53 bits per heavy atom. The van der Waals surface area contributed by atoms with E-state index < -0.39 is 5.97 Å². The van der Waals surface area contributed by atoms with E-state index in [1.54, 1.807) is 14.2 Å².